The fraction of sp³-hybridized carbons (Fsp3) is 0.619. The fourth-order valence-corrected chi connectivity index (χ4v) is 3.89. The van der Waals surface area contributed by atoms with Gasteiger partial charge in [0.25, 0.3) is 0 Å². The molecule has 0 unspecified atom stereocenters. The zero-order valence-corrected chi connectivity index (χ0v) is 17.1. The summed E-state index contributed by atoms with van der Waals surface area (Å²) in [7, 11) is 0. The summed E-state index contributed by atoms with van der Waals surface area (Å²) < 4.78 is 31.7. The molecule has 0 spiro atoms. The van der Waals surface area contributed by atoms with Crippen LogP contribution in [-0.2, 0) is 16.1 Å². The normalized spacial score (nSPS) is 21.9. The number of rotatable bonds is 5. The number of carbonyl (C=O) groups is 2. The van der Waals surface area contributed by atoms with Crippen LogP contribution in [0.5, 0.6) is 0 Å². The van der Waals surface area contributed by atoms with Crippen molar-refractivity contribution in [2.45, 2.75) is 64.8 Å². The summed E-state index contributed by atoms with van der Waals surface area (Å²) in [6.07, 6.45) is -2.00. The molecule has 0 radical (unpaired) electrons. The second kappa shape index (κ2) is 9.61. The van der Waals surface area contributed by atoms with Gasteiger partial charge in [0.2, 0.25) is 5.91 Å². The lowest BCUT2D eigenvalue weighted by Crippen LogP contribution is -2.37. The van der Waals surface area contributed by atoms with E-state index in [1.165, 1.54) is 17.5 Å². The summed E-state index contributed by atoms with van der Waals surface area (Å²) in [5.74, 6) is -1.68. The van der Waals surface area contributed by atoms with Gasteiger partial charge in [-0.2, -0.15) is 13.2 Å². The number of alkyl halides is 3. The van der Waals surface area contributed by atoms with E-state index in [0.29, 0.717) is 24.4 Å². The molecule has 0 saturated carbocycles. The molecule has 162 valence electrons. The summed E-state index contributed by atoms with van der Waals surface area (Å²) in [6.45, 7) is 9.77. The molecule has 2 aliphatic heterocycles. The minimum absolute atomic E-state index is 0.340. The number of aliphatic carboxylic acids is 1. The van der Waals surface area contributed by atoms with E-state index in [9.17, 15) is 18.0 Å². The molecule has 1 aromatic carbocycles. The lowest BCUT2D eigenvalue weighted by molar-refractivity contribution is -0.192. The molecule has 2 atom stereocenters. The number of hydrogen-bond donors (Lipinski definition) is 1. The Labute approximate surface area is 169 Å². The van der Waals surface area contributed by atoms with Crippen LogP contribution in [0.3, 0.4) is 0 Å². The minimum Gasteiger partial charge on any atom is -0.475 e. The van der Waals surface area contributed by atoms with Gasteiger partial charge in [-0.3, -0.25) is 9.69 Å². The van der Waals surface area contributed by atoms with E-state index in [2.05, 4.69) is 54.8 Å². The SMILES string of the molecule is Cc1ccccc1CN1C(=O)C[C@H]2[C@@H]1CCN2CCC(C)C.O=C(O)C(F)(F)F. The van der Waals surface area contributed by atoms with Crippen LogP contribution in [0.1, 0.15) is 44.2 Å². The van der Waals surface area contributed by atoms with Crippen LogP contribution in [0, 0.1) is 12.8 Å². The average molecular weight is 414 g/mol. The van der Waals surface area contributed by atoms with Crippen molar-refractivity contribution in [3.8, 4) is 0 Å². The molecule has 2 saturated heterocycles. The standard InChI is InChI=1S/C19H28N2O.C2HF3O2/c1-14(2)8-10-20-11-9-17-18(20)12-19(22)21(17)13-16-7-5-4-6-15(16)3;3-2(4,5)1(6)7/h4-7,14,17-18H,8-13H2,1-3H3;(H,6,7)/t17-,18-;/m0./s1. The average Bonchev–Trinajstić information content (AvgIpc) is 3.14. The van der Waals surface area contributed by atoms with Crippen molar-refractivity contribution < 1.29 is 27.9 Å². The van der Waals surface area contributed by atoms with Crippen LogP contribution in [0.15, 0.2) is 24.3 Å². The first-order valence-corrected chi connectivity index (χ1v) is 9.88. The van der Waals surface area contributed by atoms with E-state index in [0.717, 1.165) is 32.0 Å². The largest absolute Gasteiger partial charge is 0.490 e. The van der Waals surface area contributed by atoms with E-state index in [1.807, 2.05) is 0 Å². The van der Waals surface area contributed by atoms with Gasteiger partial charge in [0, 0.05) is 31.6 Å². The lowest BCUT2D eigenvalue weighted by Gasteiger charge is -2.26. The number of hydrogen-bond acceptors (Lipinski definition) is 3. The predicted octanol–water partition coefficient (Wildman–Crippen LogP) is 3.85. The third kappa shape index (κ3) is 6.19. The molecular weight excluding hydrogens is 385 g/mol. The highest BCUT2D eigenvalue weighted by Crippen LogP contribution is 2.34. The second-order valence-electron chi connectivity index (χ2n) is 8.10. The Bertz CT molecular complexity index is 721. The molecule has 2 fully saturated rings. The van der Waals surface area contributed by atoms with Crippen LogP contribution >= 0.6 is 0 Å². The summed E-state index contributed by atoms with van der Waals surface area (Å²) in [5.41, 5.74) is 2.57. The molecule has 2 aliphatic rings. The molecule has 5 nitrogen and oxygen atoms in total. The van der Waals surface area contributed by atoms with Crippen LogP contribution < -0.4 is 0 Å². The van der Waals surface area contributed by atoms with Gasteiger partial charge in [0.15, 0.2) is 0 Å². The van der Waals surface area contributed by atoms with Crippen LogP contribution in [0.2, 0.25) is 0 Å². The van der Waals surface area contributed by atoms with E-state index in [1.54, 1.807) is 0 Å². The number of likely N-dealkylation sites (tertiary alicyclic amines) is 2. The number of halogens is 3. The zero-order valence-electron chi connectivity index (χ0n) is 17.1. The third-order valence-electron chi connectivity index (χ3n) is 5.57. The van der Waals surface area contributed by atoms with Gasteiger partial charge >= 0.3 is 12.1 Å². The van der Waals surface area contributed by atoms with Crippen molar-refractivity contribution in [3.05, 3.63) is 35.4 Å². The van der Waals surface area contributed by atoms with Crippen LogP contribution in [-0.4, -0.2) is 58.1 Å². The summed E-state index contributed by atoms with van der Waals surface area (Å²) >= 11 is 0. The molecule has 0 aromatic heterocycles. The number of benzene rings is 1. The number of carboxylic acids is 1. The van der Waals surface area contributed by atoms with Crippen molar-refractivity contribution in [2.24, 2.45) is 5.92 Å². The first-order valence-electron chi connectivity index (χ1n) is 9.88. The molecule has 0 bridgehead atoms. The molecule has 1 amide bonds. The second-order valence-corrected chi connectivity index (χ2v) is 8.10. The monoisotopic (exact) mass is 414 g/mol. The maximum absolute atomic E-state index is 12.5. The Hall–Kier alpha value is -2.09. The summed E-state index contributed by atoms with van der Waals surface area (Å²) in [4.78, 5) is 26.1. The molecular formula is C21H29F3N2O3. The van der Waals surface area contributed by atoms with E-state index in [-0.39, 0.29) is 0 Å². The highest BCUT2D eigenvalue weighted by Gasteiger charge is 2.46. The minimum atomic E-state index is -5.08. The Morgan fingerprint density at radius 1 is 1.24 bits per heavy atom. The van der Waals surface area contributed by atoms with Crippen molar-refractivity contribution in [1.82, 2.24) is 9.80 Å². The van der Waals surface area contributed by atoms with Gasteiger partial charge in [-0.05, 0) is 43.4 Å². The molecule has 2 heterocycles. The van der Waals surface area contributed by atoms with Gasteiger partial charge in [-0.1, -0.05) is 38.1 Å². The molecule has 8 heteroatoms. The van der Waals surface area contributed by atoms with E-state index < -0.39 is 12.1 Å². The first-order chi connectivity index (χ1) is 13.5. The lowest BCUT2D eigenvalue weighted by atomic mass is 10.1. The summed E-state index contributed by atoms with van der Waals surface area (Å²) in [5, 5.41) is 7.12. The van der Waals surface area contributed by atoms with Gasteiger partial charge in [0.1, 0.15) is 0 Å². The fourth-order valence-electron chi connectivity index (χ4n) is 3.89. The Morgan fingerprint density at radius 3 is 2.41 bits per heavy atom. The topological polar surface area (TPSA) is 60.9 Å². The highest BCUT2D eigenvalue weighted by molar-refractivity contribution is 5.80. The van der Waals surface area contributed by atoms with Crippen molar-refractivity contribution in [2.75, 3.05) is 13.1 Å². The highest BCUT2D eigenvalue weighted by atomic mass is 19.4. The molecule has 29 heavy (non-hydrogen) atoms. The maximum Gasteiger partial charge on any atom is 0.490 e. The van der Waals surface area contributed by atoms with Gasteiger partial charge < -0.3 is 10.0 Å². The molecule has 1 N–H and O–H groups in total. The van der Waals surface area contributed by atoms with E-state index in [4.69, 9.17) is 9.90 Å². The number of amides is 1. The van der Waals surface area contributed by atoms with Crippen molar-refractivity contribution in [3.63, 3.8) is 0 Å². The Balaban J connectivity index is 0.000000370. The number of aryl methyl sites for hydroxylation is 1. The first kappa shape index (κ1) is 23.2. The predicted molar refractivity (Wildman–Crippen MR) is 103 cm³/mol. The third-order valence-corrected chi connectivity index (χ3v) is 5.57. The Kier molecular flexibility index (Phi) is 7.68. The molecule has 0 aliphatic carbocycles. The van der Waals surface area contributed by atoms with E-state index >= 15 is 0 Å². The molecule has 1 aromatic rings. The quantitative estimate of drug-likeness (QED) is 0.795. The smallest absolute Gasteiger partial charge is 0.475 e. The zero-order chi connectivity index (χ0) is 21.8. The van der Waals surface area contributed by atoms with Crippen molar-refractivity contribution >= 4 is 11.9 Å². The maximum atomic E-state index is 12.5. The summed E-state index contributed by atoms with van der Waals surface area (Å²) in [6, 6.07) is 9.31. The van der Waals surface area contributed by atoms with Gasteiger partial charge in [-0.15, -0.1) is 0 Å². The van der Waals surface area contributed by atoms with Gasteiger partial charge in [-0.25, -0.2) is 4.79 Å². The van der Waals surface area contributed by atoms with Crippen LogP contribution in [0.25, 0.3) is 0 Å². The molecule has 3 rings (SSSR count). The Morgan fingerprint density at radius 2 is 1.86 bits per heavy atom. The van der Waals surface area contributed by atoms with Crippen molar-refractivity contribution in [1.29, 1.82) is 0 Å². The van der Waals surface area contributed by atoms with Gasteiger partial charge in [0.05, 0.1) is 0 Å². The van der Waals surface area contributed by atoms with Crippen LogP contribution in [0.4, 0.5) is 13.2 Å². The number of carboxylic acid groups (broad SMARTS) is 1. The number of carbonyl (C=O) groups excluding carboxylic acids is 1. The number of fused-ring (bicyclic) bond motifs is 1. The number of nitrogens with zero attached hydrogens (tertiary/aromatic N) is 2.